The number of piperidine rings is 1. The Morgan fingerprint density at radius 2 is 2.00 bits per heavy atom. The molecule has 0 atom stereocenters. The maximum atomic E-state index is 12.9. The van der Waals surface area contributed by atoms with Gasteiger partial charge in [0.25, 0.3) is 0 Å². The van der Waals surface area contributed by atoms with Crippen molar-refractivity contribution >= 4 is 44.1 Å². The normalized spacial score (nSPS) is 15.0. The van der Waals surface area contributed by atoms with Crippen molar-refractivity contribution in [2.45, 2.75) is 58.4 Å². The van der Waals surface area contributed by atoms with Crippen LogP contribution in [0.15, 0.2) is 30.6 Å². The first kappa shape index (κ1) is 27.9. The van der Waals surface area contributed by atoms with E-state index < -0.39 is 12.6 Å². The Labute approximate surface area is 233 Å². The third-order valence-electron chi connectivity index (χ3n) is 6.96. The number of halogens is 3. The summed E-state index contributed by atoms with van der Waals surface area (Å²) in [5.41, 5.74) is 2.25. The van der Waals surface area contributed by atoms with Gasteiger partial charge >= 0.3 is 6.18 Å². The third-order valence-corrected chi connectivity index (χ3v) is 8.00. The second kappa shape index (κ2) is 11.4. The number of likely N-dealkylation sites (tertiary alicyclic amines) is 1. The highest BCUT2D eigenvalue weighted by Gasteiger charge is 2.29. The van der Waals surface area contributed by atoms with E-state index in [-0.39, 0.29) is 23.2 Å². The van der Waals surface area contributed by atoms with Crippen LogP contribution >= 0.6 is 11.3 Å². The van der Waals surface area contributed by atoms with Gasteiger partial charge in [0, 0.05) is 47.6 Å². The van der Waals surface area contributed by atoms with E-state index in [1.54, 1.807) is 10.6 Å². The fraction of sp³-hybridized carbons (Fsp3) is 0.429. The molecule has 1 fully saturated rings. The number of benzene rings is 1. The SMILES string of the molecule is CCOc1cc2c(cc1CN1CCC(Nc3ncnc4sc(CC(F)(F)F)cc34)CC1)cc(C#N)n2CC(C)=O. The number of alkyl halides is 3. The lowest BCUT2D eigenvalue weighted by molar-refractivity contribution is -0.126. The van der Waals surface area contributed by atoms with E-state index in [0.29, 0.717) is 34.9 Å². The van der Waals surface area contributed by atoms with Crippen LogP contribution in [0.25, 0.3) is 21.1 Å². The van der Waals surface area contributed by atoms with E-state index in [0.717, 1.165) is 59.5 Å². The van der Waals surface area contributed by atoms with Crippen LogP contribution in [0.5, 0.6) is 5.75 Å². The number of nitriles is 1. The molecule has 1 aliphatic heterocycles. The Hall–Kier alpha value is -3.69. The van der Waals surface area contributed by atoms with E-state index in [1.165, 1.54) is 19.3 Å². The van der Waals surface area contributed by atoms with Crippen molar-refractivity contribution in [1.82, 2.24) is 19.4 Å². The molecular formula is C28H29F3N6O2S. The highest BCUT2D eigenvalue weighted by molar-refractivity contribution is 7.18. The fourth-order valence-electron chi connectivity index (χ4n) is 5.21. The molecule has 8 nitrogen and oxygen atoms in total. The number of aromatic nitrogens is 3. The lowest BCUT2D eigenvalue weighted by Gasteiger charge is -2.33. The van der Waals surface area contributed by atoms with Crippen molar-refractivity contribution in [3.63, 3.8) is 0 Å². The molecule has 1 saturated heterocycles. The first-order chi connectivity index (χ1) is 19.1. The molecule has 0 radical (unpaired) electrons. The van der Waals surface area contributed by atoms with Crippen LogP contribution in [0.1, 0.15) is 42.8 Å². The van der Waals surface area contributed by atoms with Crippen LogP contribution in [-0.4, -0.2) is 57.1 Å². The minimum absolute atomic E-state index is 0.0315. The second-order valence-corrected chi connectivity index (χ2v) is 11.1. The number of Topliss-reactive ketones (excluding diaryl/α,β-unsaturated/α-hetero) is 1. The number of nitrogens with one attached hydrogen (secondary N) is 1. The molecule has 4 aromatic rings. The van der Waals surface area contributed by atoms with Crippen LogP contribution in [0.2, 0.25) is 0 Å². The van der Waals surface area contributed by atoms with Crippen LogP contribution in [-0.2, 0) is 24.3 Å². The van der Waals surface area contributed by atoms with Crippen LogP contribution in [0.3, 0.4) is 0 Å². The zero-order chi connectivity index (χ0) is 28.4. The first-order valence-electron chi connectivity index (χ1n) is 13.1. The van der Waals surface area contributed by atoms with Crippen LogP contribution in [0.4, 0.5) is 19.0 Å². The quantitative estimate of drug-likeness (QED) is 0.276. The number of ketones is 1. The molecule has 4 heterocycles. The van der Waals surface area contributed by atoms with Gasteiger partial charge < -0.3 is 14.6 Å². The highest BCUT2D eigenvalue weighted by Crippen LogP contribution is 2.34. The summed E-state index contributed by atoms with van der Waals surface area (Å²) in [5, 5.41) is 14.5. The summed E-state index contributed by atoms with van der Waals surface area (Å²) < 4.78 is 46.3. The summed E-state index contributed by atoms with van der Waals surface area (Å²) >= 11 is 1.05. The molecule has 0 unspecified atom stereocenters. The predicted octanol–water partition coefficient (Wildman–Crippen LogP) is 5.69. The molecule has 0 bridgehead atoms. The van der Waals surface area contributed by atoms with Gasteiger partial charge in [-0.3, -0.25) is 9.69 Å². The lowest BCUT2D eigenvalue weighted by Crippen LogP contribution is -2.38. The maximum absolute atomic E-state index is 12.9. The van der Waals surface area contributed by atoms with Crippen LogP contribution < -0.4 is 10.1 Å². The molecule has 12 heteroatoms. The van der Waals surface area contributed by atoms with Crippen molar-refractivity contribution in [3.8, 4) is 11.8 Å². The van der Waals surface area contributed by atoms with Gasteiger partial charge in [-0.15, -0.1) is 11.3 Å². The minimum Gasteiger partial charge on any atom is -0.493 e. The highest BCUT2D eigenvalue weighted by atomic mass is 32.1. The number of hydrogen-bond acceptors (Lipinski definition) is 8. The van der Waals surface area contributed by atoms with Crippen molar-refractivity contribution in [2.75, 3.05) is 25.0 Å². The van der Waals surface area contributed by atoms with Crippen molar-refractivity contribution in [3.05, 3.63) is 46.7 Å². The van der Waals surface area contributed by atoms with E-state index in [9.17, 15) is 23.2 Å². The first-order valence-corrected chi connectivity index (χ1v) is 13.9. The number of anilines is 1. The van der Waals surface area contributed by atoms with E-state index in [1.807, 2.05) is 19.1 Å². The molecule has 210 valence electrons. The number of thiophene rings is 1. The standard InChI is InChI=1S/C28H29F3N6O2S/c1-3-39-25-11-24-18(9-21(13-32)37(24)14-17(2)38)8-19(25)15-36-6-4-20(5-7-36)35-26-23-10-22(12-28(29,30)31)40-27(23)34-16-33-26/h8-11,16,20H,3-7,12,14-15H2,1-2H3,(H,33,34,35). The Bertz CT molecular complexity index is 1580. The van der Waals surface area contributed by atoms with Gasteiger partial charge in [-0.2, -0.15) is 18.4 Å². The van der Waals surface area contributed by atoms with Gasteiger partial charge in [0.05, 0.1) is 30.5 Å². The van der Waals surface area contributed by atoms with Gasteiger partial charge in [0.2, 0.25) is 0 Å². The summed E-state index contributed by atoms with van der Waals surface area (Å²) in [4.78, 5) is 23.4. The number of carbonyl (C=O) groups excluding carboxylic acids is 1. The van der Waals surface area contributed by atoms with Crippen molar-refractivity contribution in [1.29, 1.82) is 5.26 Å². The predicted molar refractivity (Wildman–Crippen MR) is 148 cm³/mol. The zero-order valence-electron chi connectivity index (χ0n) is 22.2. The number of ether oxygens (including phenoxy) is 1. The average molecular weight is 571 g/mol. The summed E-state index contributed by atoms with van der Waals surface area (Å²) in [6, 6.07) is 9.62. The van der Waals surface area contributed by atoms with E-state index in [4.69, 9.17) is 4.74 Å². The molecule has 40 heavy (non-hydrogen) atoms. The van der Waals surface area contributed by atoms with Gasteiger partial charge in [-0.1, -0.05) is 0 Å². The van der Waals surface area contributed by atoms with Gasteiger partial charge in [-0.25, -0.2) is 9.97 Å². The fourth-order valence-corrected chi connectivity index (χ4v) is 6.24. The molecular weight excluding hydrogens is 541 g/mol. The number of nitrogens with zero attached hydrogens (tertiary/aromatic N) is 5. The molecule has 0 aliphatic carbocycles. The maximum Gasteiger partial charge on any atom is 0.393 e. The second-order valence-electron chi connectivity index (χ2n) is 10.0. The molecule has 1 aliphatic rings. The monoisotopic (exact) mass is 570 g/mol. The minimum atomic E-state index is -4.27. The van der Waals surface area contributed by atoms with Gasteiger partial charge in [0.15, 0.2) is 0 Å². The summed E-state index contributed by atoms with van der Waals surface area (Å²) in [5.74, 6) is 1.27. The molecule has 0 saturated carbocycles. The molecule has 1 aromatic carbocycles. The Morgan fingerprint density at radius 3 is 2.67 bits per heavy atom. The van der Waals surface area contributed by atoms with E-state index >= 15 is 0 Å². The summed E-state index contributed by atoms with van der Waals surface area (Å²) in [6.07, 6.45) is -2.17. The van der Waals surface area contributed by atoms with Gasteiger partial charge in [0.1, 0.15) is 40.3 Å². The molecule has 0 spiro atoms. The number of hydrogen-bond donors (Lipinski definition) is 1. The topological polar surface area (TPSA) is 96.1 Å². The van der Waals surface area contributed by atoms with Gasteiger partial charge in [-0.05, 0) is 44.9 Å². The average Bonchev–Trinajstić information content (AvgIpc) is 3.45. The Morgan fingerprint density at radius 1 is 1.23 bits per heavy atom. The summed E-state index contributed by atoms with van der Waals surface area (Å²) in [7, 11) is 0. The largest absolute Gasteiger partial charge is 0.493 e. The lowest BCUT2D eigenvalue weighted by atomic mass is 10.0. The van der Waals surface area contributed by atoms with E-state index in [2.05, 4.69) is 26.3 Å². The molecule has 1 N–H and O–H groups in total. The summed E-state index contributed by atoms with van der Waals surface area (Å²) in [6.45, 7) is 6.34. The third kappa shape index (κ3) is 6.21. The number of carbonyl (C=O) groups is 1. The molecule has 3 aromatic heterocycles. The molecule has 5 rings (SSSR count). The number of rotatable bonds is 9. The van der Waals surface area contributed by atoms with Crippen molar-refractivity contribution < 1.29 is 22.7 Å². The van der Waals surface area contributed by atoms with Crippen LogP contribution in [0, 0.1) is 11.3 Å². The Balaban J connectivity index is 1.28. The Kier molecular flexibility index (Phi) is 7.96. The number of fused-ring (bicyclic) bond motifs is 2. The molecule has 0 amide bonds. The zero-order valence-corrected chi connectivity index (χ0v) is 23.0. The van der Waals surface area contributed by atoms with Crippen molar-refractivity contribution in [2.24, 2.45) is 0 Å². The smallest absolute Gasteiger partial charge is 0.393 e.